The van der Waals surface area contributed by atoms with Gasteiger partial charge in [0.2, 0.25) is 0 Å². The molecule has 0 heterocycles. The second-order valence-corrected chi connectivity index (χ2v) is 28.0. The zero-order chi connectivity index (χ0) is 67.9. The molecule has 3 N–H and O–H groups in total. The van der Waals surface area contributed by atoms with Crippen molar-refractivity contribution in [3.05, 3.63) is 109 Å². The van der Waals surface area contributed by atoms with E-state index in [0.717, 1.165) is 96.3 Å². The van der Waals surface area contributed by atoms with Crippen molar-refractivity contribution in [1.82, 2.24) is 0 Å². The highest BCUT2D eigenvalue weighted by molar-refractivity contribution is 7.47. The molecule has 0 radical (unpaired) electrons. The summed E-state index contributed by atoms with van der Waals surface area (Å²) in [6.07, 6.45) is 109. The minimum atomic E-state index is -4.40. The molecular weight excluding hydrogens is 1180 g/mol. The lowest BCUT2D eigenvalue weighted by molar-refractivity contribution is -0.161. The first-order valence-corrected chi connectivity index (χ1v) is 41.4. The summed E-state index contributed by atoms with van der Waals surface area (Å²) >= 11 is 0. The average Bonchev–Trinajstić information content (AvgIpc) is 3.59. The first-order valence-electron chi connectivity index (χ1n) is 39.9. The number of nitrogens with two attached hydrogens (primary N) is 1. The van der Waals surface area contributed by atoms with Gasteiger partial charge in [0.25, 0.3) is 0 Å². The Morgan fingerprint density at radius 1 is 0.330 bits per heavy atom. The van der Waals surface area contributed by atoms with Crippen LogP contribution in [0.2, 0.25) is 0 Å². The molecule has 0 spiro atoms. The number of esters is 2. The Balaban J connectivity index is 3.83. The highest BCUT2D eigenvalue weighted by Gasteiger charge is 2.26. The number of unbranched alkanes of at least 4 members (excludes halogenated alkanes) is 44. The molecule has 94 heavy (non-hydrogen) atoms. The number of phosphoric acid groups is 1. The molecule has 0 saturated heterocycles. The van der Waals surface area contributed by atoms with E-state index in [4.69, 9.17) is 24.3 Å². The molecule has 0 amide bonds. The highest BCUT2D eigenvalue weighted by atomic mass is 31.2. The highest BCUT2D eigenvalue weighted by Crippen LogP contribution is 2.43. The lowest BCUT2D eigenvalue weighted by Crippen LogP contribution is -2.29. The van der Waals surface area contributed by atoms with E-state index in [2.05, 4.69) is 123 Å². The van der Waals surface area contributed by atoms with Crippen LogP contribution in [-0.4, -0.2) is 49.3 Å². The molecule has 0 aliphatic heterocycles. The average molecular weight is 1330 g/mol. The number of carbonyl (C=O) groups is 2. The van der Waals surface area contributed by atoms with E-state index in [1.807, 2.05) is 0 Å². The number of hydrogen-bond acceptors (Lipinski definition) is 8. The Labute approximate surface area is 581 Å². The summed E-state index contributed by atoms with van der Waals surface area (Å²) in [6, 6.07) is 0. The van der Waals surface area contributed by atoms with Crippen LogP contribution in [0.25, 0.3) is 0 Å². The largest absolute Gasteiger partial charge is 0.472 e. The fourth-order valence-electron chi connectivity index (χ4n) is 11.6. The van der Waals surface area contributed by atoms with Gasteiger partial charge in [0.05, 0.1) is 13.2 Å². The molecule has 9 nitrogen and oxygen atoms in total. The molecule has 10 heteroatoms. The van der Waals surface area contributed by atoms with Gasteiger partial charge >= 0.3 is 19.8 Å². The Bertz CT molecular complexity index is 1920. The molecule has 0 aromatic carbocycles. The van der Waals surface area contributed by atoms with Crippen LogP contribution in [0.4, 0.5) is 0 Å². The molecular formula is C84H150NO8P. The zero-order valence-corrected chi connectivity index (χ0v) is 62.3. The summed E-state index contributed by atoms with van der Waals surface area (Å²) in [4.78, 5) is 35.5. The van der Waals surface area contributed by atoms with Crippen molar-refractivity contribution in [2.75, 3.05) is 26.4 Å². The van der Waals surface area contributed by atoms with Gasteiger partial charge in [-0.3, -0.25) is 18.6 Å². The predicted octanol–water partition coefficient (Wildman–Crippen LogP) is 26.8. The van der Waals surface area contributed by atoms with Crippen LogP contribution < -0.4 is 5.73 Å². The SMILES string of the molecule is CC/C=C\C/C=C\C/C=C\C/C=C\C/C=C\C/C=C\C/C=C\C/C=C\C/C=C\CCCCCCCCCCCCCCCC(=O)OC(COC(=O)CCCCCCCCCCCCCCCCCCCCCCCCCCCCCCCCCC)COP(=O)(O)OCCN. The third-order valence-corrected chi connectivity index (χ3v) is 18.4. The van der Waals surface area contributed by atoms with Crippen molar-refractivity contribution in [2.24, 2.45) is 5.73 Å². The quantitative estimate of drug-likeness (QED) is 0.0264. The maximum absolute atomic E-state index is 12.8. The summed E-state index contributed by atoms with van der Waals surface area (Å²) in [7, 11) is -4.40. The van der Waals surface area contributed by atoms with E-state index in [0.29, 0.717) is 6.42 Å². The fraction of sp³-hybridized carbons (Fsp3) is 0.762. The third-order valence-electron chi connectivity index (χ3n) is 17.4. The number of hydrogen-bond donors (Lipinski definition) is 2. The van der Waals surface area contributed by atoms with Crippen LogP contribution in [0.3, 0.4) is 0 Å². The number of rotatable bonds is 75. The summed E-state index contributed by atoms with van der Waals surface area (Å²) in [5.74, 6) is -0.815. The molecule has 0 rings (SSSR count). The number of carbonyl (C=O) groups excluding carboxylic acids is 2. The fourth-order valence-corrected chi connectivity index (χ4v) is 12.3. The summed E-state index contributed by atoms with van der Waals surface area (Å²) in [6.45, 7) is 3.69. The zero-order valence-electron chi connectivity index (χ0n) is 61.4. The number of phosphoric ester groups is 1. The topological polar surface area (TPSA) is 134 Å². The van der Waals surface area contributed by atoms with Gasteiger partial charge in [-0.15, -0.1) is 0 Å². The van der Waals surface area contributed by atoms with Crippen LogP contribution >= 0.6 is 7.82 Å². The van der Waals surface area contributed by atoms with Crippen LogP contribution in [0.15, 0.2) is 109 Å². The van der Waals surface area contributed by atoms with Gasteiger partial charge in [0, 0.05) is 19.4 Å². The maximum atomic E-state index is 12.8. The monoisotopic (exact) mass is 1330 g/mol. The van der Waals surface area contributed by atoms with Crippen LogP contribution in [-0.2, 0) is 32.7 Å². The smallest absolute Gasteiger partial charge is 0.462 e. The van der Waals surface area contributed by atoms with Crippen LogP contribution in [0, 0.1) is 0 Å². The van der Waals surface area contributed by atoms with Gasteiger partial charge in [-0.05, 0) is 83.5 Å². The summed E-state index contributed by atoms with van der Waals surface area (Å²) < 4.78 is 33.3. The predicted molar refractivity (Wildman–Crippen MR) is 408 cm³/mol. The van der Waals surface area contributed by atoms with Crippen molar-refractivity contribution in [1.29, 1.82) is 0 Å². The third kappa shape index (κ3) is 77.7. The van der Waals surface area contributed by atoms with Crippen molar-refractivity contribution in [2.45, 2.75) is 386 Å². The molecule has 544 valence electrons. The second-order valence-electron chi connectivity index (χ2n) is 26.6. The summed E-state index contributed by atoms with van der Waals surface area (Å²) in [5.41, 5.74) is 5.41. The minimum Gasteiger partial charge on any atom is -0.462 e. The maximum Gasteiger partial charge on any atom is 0.472 e. The Morgan fingerprint density at radius 2 is 0.585 bits per heavy atom. The molecule has 0 aliphatic rings. The summed E-state index contributed by atoms with van der Waals surface area (Å²) in [5, 5.41) is 0. The standard InChI is InChI=1S/C84H150NO8P/c1-3-5-7-9-11-13-15-17-19-21-23-25-27-29-31-33-35-37-38-39-40-41-42-43-44-45-47-49-51-53-55-57-59-61-63-65-67-69-71-73-75-77-84(87)93-82(81-92-94(88,89)91-79-78-85)80-90-83(86)76-74-72-70-68-66-64-62-60-58-56-54-52-50-48-46-36-34-32-30-28-26-24-22-20-18-16-14-12-10-8-6-4-2/h5,7,11,13,17,19,23,25,29,31,35,37,39-40,42-43,45,47,82H,3-4,6,8-10,12,14-16,18,20-22,24,26-28,30,32-34,36,38,41,44,46,48-81,85H2,1-2H3,(H,88,89)/b7-5-,13-11-,19-17-,25-23-,31-29-,37-35-,40-39-,43-42-,47-45-. The van der Waals surface area contributed by atoms with Crippen LogP contribution in [0.5, 0.6) is 0 Å². The molecule has 0 saturated carbocycles. The van der Waals surface area contributed by atoms with E-state index in [1.54, 1.807) is 0 Å². The van der Waals surface area contributed by atoms with E-state index in [-0.39, 0.29) is 38.6 Å². The molecule has 0 fully saturated rings. The van der Waals surface area contributed by atoms with E-state index < -0.39 is 26.5 Å². The lowest BCUT2D eigenvalue weighted by Gasteiger charge is -2.19. The number of allylic oxidation sites excluding steroid dienone is 18. The molecule has 0 bridgehead atoms. The van der Waals surface area contributed by atoms with Crippen molar-refractivity contribution >= 4 is 19.8 Å². The minimum absolute atomic E-state index is 0.0517. The molecule has 2 unspecified atom stereocenters. The van der Waals surface area contributed by atoms with Gasteiger partial charge in [0.15, 0.2) is 6.10 Å². The molecule has 2 atom stereocenters. The van der Waals surface area contributed by atoms with Crippen molar-refractivity contribution in [3.8, 4) is 0 Å². The van der Waals surface area contributed by atoms with Gasteiger partial charge in [0.1, 0.15) is 6.61 Å². The Hall–Kier alpha value is -3.33. The van der Waals surface area contributed by atoms with Gasteiger partial charge in [-0.2, -0.15) is 0 Å². The molecule has 0 aromatic heterocycles. The Morgan fingerprint density at radius 3 is 0.872 bits per heavy atom. The van der Waals surface area contributed by atoms with Crippen molar-refractivity contribution < 1.29 is 37.6 Å². The van der Waals surface area contributed by atoms with Crippen molar-refractivity contribution in [3.63, 3.8) is 0 Å². The van der Waals surface area contributed by atoms with E-state index in [9.17, 15) is 19.0 Å². The second kappa shape index (κ2) is 78.7. The normalized spacial score (nSPS) is 13.4. The first-order chi connectivity index (χ1) is 46.3. The van der Waals surface area contributed by atoms with Crippen LogP contribution in [0.1, 0.15) is 380 Å². The lowest BCUT2D eigenvalue weighted by atomic mass is 10.0. The van der Waals surface area contributed by atoms with E-state index in [1.165, 1.54) is 250 Å². The molecule has 0 aliphatic carbocycles. The molecule has 0 aromatic rings. The van der Waals surface area contributed by atoms with Gasteiger partial charge in [-0.1, -0.05) is 393 Å². The van der Waals surface area contributed by atoms with Gasteiger partial charge in [-0.25, -0.2) is 4.57 Å². The van der Waals surface area contributed by atoms with Gasteiger partial charge < -0.3 is 20.1 Å². The first kappa shape index (κ1) is 90.7. The van der Waals surface area contributed by atoms with E-state index >= 15 is 0 Å². The number of ether oxygens (including phenoxy) is 2. The Kier molecular flexibility index (Phi) is 75.9.